The highest BCUT2D eigenvalue weighted by Gasteiger charge is 2.35. The molecule has 1 amide bonds. The number of rotatable bonds is 6. The predicted molar refractivity (Wildman–Crippen MR) is 72.9 cm³/mol. The van der Waals surface area contributed by atoms with Gasteiger partial charge in [-0.1, -0.05) is 0 Å². The van der Waals surface area contributed by atoms with Gasteiger partial charge in [0.15, 0.2) is 0 Å². The second-order valence-corrected chi connectivity index (χ2v) is 4.24. The van der Waals surface area contributed by atoms with E-state index in [1.54, 1.807) is 0 Å². The topological polar surface area (TPSA) is 128 Å². The molecule has 0 heterocycles. The highest BCUT2D eigenvalue weighted by molar-refractivity contribution is 6.09. The molecule has 1 unspecified atom stereocenters. The van der Waals surface area contributed by atoms with Gasteiger partial charge in [-0.3, -0.25) is 14.9 Å². The molecule has 9 nitrogen and oxygen atoms in total. The first-order chi connectivity index (χ1) is 11.1. The number of nitro benzene ring substituents is 1. The molecule has 0 aromatic heterocycles. The summed E-state index contributed by atoms with van der Waals surface area (Å²) in [5.41, 5.74) is -3.00. The first kappa shape index (κ1) is 19.0. The minimum absolute atomic E-state index is 0.154. The van der Waals surface area contributed by atoms with Crippen molar-refractivity contribution in [1.82, 2.24) is 0 Å². The van der Waals surface area contributed by atoms with Crippen LogP contribution < -0.4 is 5.32 Å². The van der Waals surface area contributed by atoms with E-state index in [2.05, 4.69) is 9.91 Å². The summed E-state index contributed by atoms with van der Waals surface area (Å²) in [6.45, 7) is 1.25. The molecule has 1 N–H and O–H groups in total. The first-order valence-corrected chi connectivity index (χ1v) is 6.27. The number of carbonyl (C=O) groups excluding carboxylic acids is 2. The van der Waals surface area contributed by atoms with E-state index in [1.807, 2.05) is 5.32 Å². The van der Waals surface area contributed by atoms with Gasteiger partial charge in [-0.15, -0.1) is 4.91 Å². The van der Waals surface area contributed by atoms with E-state index in [0.29, 0.717) is 12.1 Å². The molecule has 0 fully saturated rings. The molecule has 0 saturated heterocycles. The number of nitroso groups, excluding NO2 is 1. The van der Waals surface area contributed by atoms with Crippen molar-refractivity contribution in [2.75, 3.05) is 11.9 Å². The van der Waals surface area contributed by atoms with E-state index in [0.717, 1.165) is 0 Å². The predicted octanol–water partition coefficient (Wildman–Crippen LogP) is 2.25. The molecule has 1 aromatic carbocycles. The SMILES string of the molecule is CCOC(=O)C(N=O)C(=O)Nc1ccc(C(F)(F)F)cc1[N+](=O)[O-]. The zero-order valence-electron chi connectivity index (χ0n) is 12.0. The molecule has 0 radical (unpaired) electrons. The van der Waals surface area contributed by atoms with E-state index in [1.165, 1.54) is 6.92 Å². The number of halogens is 3. The number of hydrogen-bond acceptors (Lipinski definition) is 7. The van der Waals surface area contributed by atoms with Crippen molar-refractivity contribution in [3.05, 3.63) is 38.8 Å². The van der Waals surface area contributed by atoms with Crippen LogP contribution in [0.25, 0.3) is 0 Å². The maximum Gasteiger partial charge on any atom is 0.416 e. The standard InChI is InChI=1S/C12H10F3N3O6/c1-2-24-11(20)9(17-21)10(19)16-7-4-3-6(12(13,14)15)5-8(7)18(22)23/h3-5,9H,2H2,1H3,(H,16,19). The zero-order valence-corrected chi connectivity index (χ0v) is 12.0. The van der Waals surface area contributed by atoms with Crippen LogP contribution in [0.2, 0.25) is 0 Å². The van der Waals surface area contributed by atoms with Gasteiger partial charge >= 0.3 is 12.1 Å². The van der Waals surface area contributed by atoms with E-state index >= 15 is 0 Å². The number of nitro groups is 1. The van der Waals surface area contributed by atoms with Crippen LogP contribution in [-0.4, -0.2) is 29.4 Å². The minimum Gasteiger partial charge on any atom is -0.464 e. The Morgan fingerprint density at radius 3 is 2.50 bits per heavy atom. The summed E-state index contributed by atoms with van der Waals surface area (Å²) in [5.74, 6) is -2.66. The van der Waals surface area contributed by atoms with E-state index < -0.39 is 46.0 Å². The Morgan fingerprint density at radius 1 is 1.42 bits per heavy atom. The van der Waals surface area contributed by atoms with Gasteiger partial charge in [-0.2, -0.15) is 13.2 Å². The molecule has 12 heteroatoms. The lowest BCUT2D eigenvalue weighted by Gasteiger charge is -2.11. The van der Waals surface area contributed by atoms with Crippen LogP contribution in [-0.2, 0) is 20.5 Å². The molecular formula is C12H10F3N3O6. The average molecular weight is 349 g/mol. The molecular weight excluding hydrogens is 339 g/mol. The molecule has 0 aliphatic heterocycles. The fourth-order valence-corrected chi connectivity index (χ4v) is 1.58. The molecule has 24 heavy (non-hydrogen) atoms. The number of esters is 1. The Hall–Kier alpha value is -3.05. The van der Waals surface area contributed by atoms with Crippen LogP contribution in [0.4, 0.5) is 24.5 Å². The fraction of sp³-hybridized carbons (Fsp3) is 0.333. The first-order valence-electron chi connectivity index (χ1n) is 6.27. The fourth-order valence-electron chi connectivity index (χ4n) is 1.58. The van der Waals surface area contributed by atoms with Crippen molar-refractivity contribution in [2.45, 2.75) is 19.1 Å². The summed E-state index contributed by atoms with van der Waals surface area (Å²) >= 11 is 0. The van der Waals surface area contributed by atoms with Crippen molar-refractivity contribution in [3.8, 4) is 0 Å². The van der Waals surface area contributed by atoms with Gasteiger partial charge in [-0.05, 0) is 24.2 Å². The summed E-state index contributed by atoms with van der Waals surface area (Å²) in [6.07, 6.45) is -4.83. The van der Waals surface area contributed by atoms with Gasteiger partial charge in [0.1, 0.15) is 5.69 Å². The number of ether oxygens (including phenoxy) is 1. The maximum atomic E-state index is 12.6. The van der Waals surface area contributed by atoms with Crippen LogP contribution in [0.1, 0.15) is 12.5 Å². The third kappa shape index (κ3) is 4.47. The lowest BCUT2D eigenvalue weighted by Crippen LogP contribution is -2.34. The third-order valence-corrected chi connectivity index (χ3v) is 2.64. The third-order valence-electron chi connectivity index (χ3n) is 2.64. The molecule has 0 aliphatic carbocycles. The second-order valence-electron chi connectivity index (χ2n) is 4.24. The number of hydrogen-bond donors (Lipinski definition) is 1. The van der Waals surface area contributed by atoms with Crippen molar-refractivity contribution in [3.63, 3.8) is 0 Å². The Labute approximate surface area is 131 Å². The van der Waals surface area contributed by atoms with E-state index in [9.17, 15) is 37.8 Å². The Balaban J connectivity index is 3.14. The van der Waals surface area contributed by atoms with Gasteiger partial charge < -0.3 is 10.1 Å². The number of carbonyl (C=O) groups is 2. The number of benzene rings is 1. The largest absolute Gasteiger partial charge is 0.464 e. The summed E-state index contributed by atoms with van der Waals surface area (Å²) < 4.78 is 42.1. The van der Waals surface area contributed by atoms with Crippen molar-refractivity contribution in [1.29, 1.82) is 0 Å². The van der Waals surface area contributed by atoms with Crippen LogP contribution in [0.3, 0.4) is 0 Å². The lowest BCUT2D eigenvalue weighted by atomic mass is 10.1. The zero-order chi connectivity index (χ0) is 18.5. The summed E-state index contributed by atoms with van der Waals surface area (Å²) in [4.78, 5) is 43.4. The number of amides is 1. The molecule has 1 aromatic rings. The van der Waals surface area contributed by atoms with Gasteiger partial charge in [0.2, 0.25) is 0 Å². The summed E-state index contributed by atoms with van der Waals surface area (Å²) in [5, 5.41) is 14.9. The molecule has 1 atom stereocenters. The Kier molecular flexibility index (Phi) is 5.92. The normalized spacial score (nSPS) is 12.2. The van der Waals surface area contributed by atoms with Crippen LogP contribution in [0.5, 0.6) is 0 Å². The smallest absolute Gasteiger partial charge is 0.416 e. The monoisotopic (exact) mass is 349 g/mol. The second kappa shape index (κ2) is 7.48. The van der Waals surface area contributed by atoms with Gasteiger partial charge in [-0.25, -0.2) is 4.79 Å². The minimum atomic E-state index is -4.83. The maximum absolute atomic E-state index is 12.6. The summed E-state index contributed by atoms with van der Waals surface area (Å²) in [7, 11) is 0. The number of nitrogens with one attached hydrogen (secondary N) is 1. The molecule has 0 saturated carbocycles. The van der Waals surface area contributed by atoms with E-state index in [-0.39, 0.29) is 12.7 Å². The number of alkyl halides is 3. The van der Waals surface area contributed by atoms with E-state index in [4.69, 9.17) is 0 Å². The van der Waals surface area contributed by atoms with Gasteiger partial charge in [0.25, 0.3) is 17.6 Å². The molecule has 0 spiro atoms. The van der Waals surface area contributed by atoms with Crippen LogP contribution in [0, 0.1) is 15.0 Å². The average Bonchev–Trinajstić information content (AvgIpc) is 2.47. The van der Waals surface area contributed by atoms with Crippen LogP contribution in [0.15, 0.2) is 23.4 Å². The van der Waals surface area contributed by atoms with Crippen molar-refractivity contribution < 1.29 is 32.4 Å². The quantitative estimate of drug-likeness (QED) is 0.276. The Morgan fingerprint density at radius 2 is 2.04 bits per heavy atom. The summed E-state index contributed by atoms with van der Waals surface area (Å²) in [6, 6.07) is -0.808. The molecule has 1 rings (SSSR count). The van der Waals surface area contributed by atoms with Crippen LogP contribution >= 0.6 is 0 Å². The molecule has 130 valence electrons. The van der Waals surface area contributed by atoms with Crippen molar-refractivity contribution >= 4 is 23.3 Å². The van der Waals surface area contributed by atoms with Crippen molar-refractivity contribution in [2.24, 2.45) is 5.18 Å². The van der Waals surface area contributed by atoms with Gasteiger partial charge in [0, 0.05) is 6.07 Å². The van der Waals surface area contributed by atoms with Gasteiger partial charge in [0.05, 0.1) is 17.1 Å². The lowest BCUT2D eigenvalue weighted by molar-refractivity contribution is -0.384. The molecule has 0 bridgehead atoms. The number of anilines is 1. The number of nitrogens with zero attached hydrogens (tertiary/aromatic N) is 2. The highest BCUT2D eigenvalue weighted by atomic mass is 19.4. The highest BCUT2D eigenvalue weighted by Crippen LogP contribution is 2.35. The Bertz CT molecular complexity index is 676. The molecule has 0 aliphatic rings.